The van der Waals surface area contributed by atoms with E-state index in [9.17, 15) is 14.0 Å². The minimum absolute atomic E-state index is 0.0491. The van der Waals surface area contributed by atoms with Crippen molar-refractivity contribution in [3.05, 3.63) is 35.8 Å². The molecular weight excluding hydrogens is 287 g/mol. The Labute approximate surface area is 127 Å². The van der Waals surface area contributed by atoms with Gasteiger partial charge in [-0.2, -0.15) is 0 Å². The van der Waals surface area contributed by atoms with Gasteiger partial charge in [-0.05, 0) is 36.1 Å². The van der Waals surface area contributed by atoms with Crippen molar-refractivity contribution in [3.8, 4) is 0 Å². The van der Waals surface area contributed by atoms with Crippen molar-refractivity contribution in [2.45, 2.75) is 32.7 Å². The molecule has 1 amide bonds. The van der Waals surface area contributed by atoms with Crippen LogP contribution in [0.4, 0.5) is 4.39 Å². The topological polar surface area (TPSA) is 82.2 Å². The number of H-pyrrole nitrogens is 1. The van der Waals surface area contributed by atoms with E-state index in [1.165, 1.54) is 12.1 Å². The number of rotatable bonds is 6. The number of aliphatic carboxylic acids is 1. The summed E-state index contributed by atoms with van der Waals surface area (Å²) in [7, 11) is 0. The summed E-state index contributed by atoms with van der Waals surface area (Å²) >= 11 is 0. The Bertz CT molecular complexity index is 694. The molecule has 1 heterocycles. The number of aromatic amines is 1. The van der Waals surface area contributed by atoms with Crippen LogP contribution >= 0.6 is 0 Å². The summed E-state index contributed by atoms with van der Waals surface area (Å²) in [5, 5.41) is 12.4. The number of amides is 1. The fourth-order valence-electron chi connectivity index (χ4n) is 2.42. The van der Waals surface area contributed by atoms with E-state index in [0.717, 1.165) is 5.39 Å². The molecule has 0 bridgehead atoms. The molecule has 3 N–H and O–H groups in total. The van der Waals surface area contributed by atoms with E-state index in [1.807, 2.05) is 13.8 Å². The van der Waals surface area contributed by atoms with Crippen molar-refractivity contribution in [1.29, 1.82) is 0 Å². The molecular formula is C16H19FN2O3. The predicted molar refractivity (Wildman–Crippen MR) is 81.0 cm³/mol. The maximum Gasteiger partial charge on any atom is 0.326 e. The van der Waals surface area contributed by atoms with Crippen LogP contribution in [0.15, 0.2) is 24.4 Å². The molecule has 0 aliphatic rings. The molecule has 5 nitrogen and oxygen atoms in total. The van der Waals surface area contributed by atoms with Gasteiger partial charge in [0.1, 0.15) is 11.9 Å². The summed E-state index contributed by atoms with van der Waals surface area (Å²) in [5.74, 6) is -1.59. The second kappa shape index (κ2) is 6.60. The third-order valence-corrected chi connectivity index (χ3v) is 3.42. The van der Waals surface area contributed by atoms with Gasteiger partial charge in [0.05, 0.1) is 6.42 Å². The zero-order chi connectivity index (χ0) is 16.3. The lowest BCUT2D eigenvalue weighted by Gasteiger charge is -2.16. The number of carbonyl (C=O) groups is 2. The first-order valence-corrected chi connectivity index (χ1v) is 7.14. The molecule has 0 aliphatic heterocycles. The second-order valence-corrected chi connectivity index (χ2v) is 5.77. The van der Waals surface area contributed by atoms with Crippen LogP contribution in [0.1, 0.15) is 25.8 Å². The predicted octanol–water partition coefficient (Wildman–Crippen LogP) is 2.46. The molecule has 118 valence electrons. The van der Waals surface area contributed by atoms with Gasteiger partial charge in [0.2, 0.25) is 5.91 Å². The normalized spacial score (nSPS) is 12.5. The van der Waals surface area contributed by atoms with Crippen LogP contribution in [0, 0.1) is 11.7 Å². The monoisotopic (exact) mass is 306 g/mol. The lowest BCUT2D eigenvalue weighted by Crippen LogP contribution is -2.42. The highest BCUT2D eigenvalue weighted by Gasteiger charge is 2.21. The zero-order valence-corrected chi connectivity index (χ0v) is 12.5. The zero-order valence-electron chi connectivity index (χ0n) is 12.5. The molecule has 0 aliphatic carbocycles. The van der Waals surface area contributed by atoms with Crippen molar-refractivity contribution >= 4 is 22.8 Å². The first-order valence-electron chi connectivity index (χ1n) is 7.14. The van der Waals surface area contributed by atoms with Crippen molar-refractivity contribution < 1.29 is 19.1 Å². The molecule has 1 aromatic carbocycles. The minimum atomic E-state index is -1.04. The molecule has 1 atom stereocenters. The Hall–Kier alpha value is -2.37. The molecule has 2 aromatic rings. The molecule has 0 unspecified atom stereocenters. The van der Waals surface area contributed by atoms with Crippen LogP contribution < -0.4 is 5.32 Å². The number of aromatic nitrogens is 1. The number of hydrogen-bond acceptors (Lipinski definition) is 2. The Balaban J connectivity index is 2.08. The molecule has 0 saturated carbocycles. The van der Waals surface area contributed by atoms with Gasteiger partial charge in [0, 0.05) is 17.1 Å². The van der Waals surface area contributed by atoms with Gasteiger partial charge < -0.3 is 15.4 Å². The number of nitrogens with one attached hydrogen (secondary N) is 2. The van der Waals surface area contributed by atoms with Gasteiger partial charge in [-0.25, -0.2) is 9.18 Å². The van der Waals surface area contributed by atoms with E-state index in [2.05, 4.69) is 10.3 Å². The summed E-state index contributed by atoms with van der Waals surface area (Å²) in [6, 6.07) is 3.40. The lowest BCUT2D eigenvalue weighted by molar-refractivity contribution is -0.142. The van der Waals surface area contributed by atoms with E-state index in [1.54, 1.807) is 12.3 Å². The van der Waals surface area contributed by atoms with E-state index >= 15 is 0 Å². The number of halogens is 1. The Morgan fingerprint density at radius 3 is 2.73 bits per heavy atom. The molecule has 0 spiro atoms. The lowest BCUT2D eigenvalue weighted by atomic mass is 10.0. The molecule has 6 heteroatoms. The van der Waals surface area contributed by atoms with Gasteiger partial charge in [-0.3, -0.25) is 4.79 Å². The van der Waals surface area contributed by atoms with Gasteiger partial charge in [-0.1, -0.05) is 13.8 Å². The van der Waals surface area contributed by atoms with Crippen LogP contribution in [0.2, 0.25) is 0 Å². The largest absolute Gasteiger partial charge is 0.480 e. The number of carbonyl (C=O) groups excluding carboxylic acids is 1. The molecule has 22 heavy (non-hydrogen) atoms. The third-order valence-electron chi connectivity index (χ3n) is 3.42. The Morgan fingerprint density at radius 2 is 2.09 bits per heavy atom. The van der Waals surface area contributed by atoms with Crippen molar-refractivity contribution in [2.75, 3.05) is 0 Å². The fourth-order valence-corrected chi connectivity index (χ4v) is 2.42. The van der Waals surface area contributed by atoms with Crippen LogP contribution in [-0.4, -0.2) is 28.0 Å². The summed E-state index contributed by atoms with van der Waals surface area (Å²) in [5.41, 5.74) is 1.32. The number of carboxylic acids is 1. The molecule has 0 fully saturated rings. The maximum atomic E-state index is 13.1. The average Bonchev–Trinajstić information content (AvgIpc) is 2.79. The maximum absolute atomic E-state index is 13.1. The minimum Gasteiger partial charge on any atom is -0.480 e. The van der Waals surface area contributed by atoms with Gasteiger partial charge in [-0.15, -0.1) is 0 Å². The van der Waals surface area contributed by atoms with E-state index < -0.39 is 12.0 Å². The fraction of sp³-hybridized carbons (Fsp3) is 0.375. The SMILES string of the molecule is CC(C)C[C@H](NC(=O)Cc1c[nH]c2cc(F)ccc12)C(=O)O. The standard InChI is InChI=1S/C16H19FN2O3/c1-9(2)5-14(16(21)22)19-15(20)6-10-8-18-13-7-11(17)3-4-12(10)13/h3-4,7-9,14,18H,5-6H2,1-2H3,(H,19,20)(H,21,22)/t14-/m0/s1. The summed E-state index contributed by atoms with van der Waals surface area (Å²) in [6.07, 6.45) is 2.07. The highest BCUT2D eigenvalue weighted by molar-refractivity contribution is 5.90. The number of carboxylic acid groups (broad SMARTS) is 1. The van der Waals surface area contributed by atoms with Crippen molar-refractivity contribution in [2.24, 2.45) is 5.92 Å². The molecule has 2 rings (SSSR count). The van der Waals surface area contributed by atoms with Gasteiger partial charge in [0.15, 0.2) is 0 Å². The second-order valence-electron chi connectivity index (χ2n) is 5.77. The van der Waals surface area contributed by atoms with Crippen molar-refractivity contribution in [1.82, 2.24) is 10.3 Å². The highest BCUT2D eigenvalue weighted by Crippen LogP contribution is 2.19. The smallest absolute Gasteiger partial charge is 0.326 e. The van der Waals surface area contributed by atoms with E-state index in [0.29, 0.717) is 17.5 Å². The van der Waals surface area contributed by atoms with Gasteiger partial charge in [0.25, 0.3) is 0 Å². The summed E-state index contributed by atoms with van der Waals surface area (Å²) in [6.45, 7) is 3.80. The van der Waals surface area contributed by atoms with Crippen LogP contribution in [0.5, 0.6) is 0 Å². The van der Waals surface area contributed by atoms with Crippen LogP contribution in [0.3, 0.4) is 0 Å². The third kappa shape index (κ3) is 3.84. The van der Waals surface area contributed by atoms with Crippen molar-refractivity contribution in [3.63, 3.8) is 0 Å². The van der Waals surface area contributed by atoms with E-state index in [-0.39, 0.29) is 24.1 Å². The summed E-state index contributed by atoms with van der Waals surface area (Å²) < 4.78 is 13.1. The van der Waals surface area contributed by atoms with Crippen LogP contribution in [-0.2, 0) is 16.0 Å². The first-order chi connectivity index (χ1) is 10.4. The quantitative estimate of drug-likeness (QED) is 0.766. The Morgan fingerprint density at radius 1 is 1.36 bits per heavy atom. The average molecular weight is 306 g/mol. The Kier molecular flexibility index (Phi) is 4.80. The first kappa shape index (κ1) is 16.0. The summed E-state index contributed by atoms with van der Waals surface area (Å²) in [4.78, 5) is 26.1. The van der Waals surface area contributed by atoms with E-state index in [4.69, 9.17) is 5.11 Å². The highest BCUT2D eigenvalue weighted by atomic mass is 19.1. The van der Waals surface area contributed by atoms with Gasteiger partial charge >= 0.3 is 5.97 Å². The van der Waals surface area contributed by atoms with Crippen LogP contribution in [0.25, 0.3) is 10.9 Å². The number of hydrogen-bond donors (Lipinski definition) is 3. The molecule has 0 saturated heterocycles. The number of benzene rings is 1. The number of fused-ring (bicyclic) bond motifs is 1. The molecule has 1 aromatic heterocycles. The molecule has 0 radical (unpaired) electrons.